The van der Waals surface area contributed by atoms with Crippen molar-refractivity contribution in [3.8, 4) is 0 Å². The highest BCUT2D eigenvalue weighted by Crippen LogP contribution is 2.29. The van der Waals surface area contributed by atoms with E-state index in [2.05, 4.69) is 38.0 Å². The van der Waals surface area contributed by atoms with Crippen molar-refractivity contribution in [2.75, 3.05) is 13.7 Å². The molecule has 1 rings (SSSR count). The van der Waals surface area contributed by atoms with E-state index < -0.39 is 5.54 Å². The number of hydrogen-bond acceptors (Lipinski definition) is 4. The molecular formula is C15H30N2O2. The van der Waals surface area contributed by atoms with Crippen molar-refractivity contribution < 1.29 is 9.53 Å². The number of carbonyl (C=O) groups excluding carboxylic acids is 1. The maximum Gasteiger partial charge on any atom is 0.326 e. The van der Waals surface area contributed by atoms with Crippen LogP contribution in [0.1, 0.15) is 53.9 Å². The first-order chi connectivity index (χ1) is 8.80. The molecule has 0 bridgehead atoms. The molecule has 0 spiro atoms. The van der Waals surface area contributed by atoms with Gasteiger partial charge in [0, 0.05) is 18.1 Å². The van der Waals surface area contributed by atoms with Gasteiger partial charge in [-0.2, -0.15) is 0 Å². The maximum absolute atomic E-state index is 12.2. The summed E-state index contributed by atoms with van der Waals surface area (Å²) in [4.78, 5) is 14.6. The predicted octanol–water partition coefficient (Wildman–Crippen LogP) is 2.18. The second kappa shape index (κ2) is 6.71. The standard InChI is InChI=1S/C15H30N2O2/c1-7-19-14(18)15(5,16-11(2)3)10-12(4)17(6)13-8-9-13/h11-13,16H,7-10H2,1-6H3. The number of ether oxygens (including phenoxy) is 1. The molecule has 1 saturated carbocycles. The van der Waals surface area contributed by atoms with Gasteiger partial charge in [0.2, 0.25) is 0 Å². The zero-order chi connectivity index (χ0) is 14.6. The third-order valence-corrected chi connectivity index (χ3v) is 3.85. The first-order valence-corrected chi connectivity index (χ1v) is 7.47. The topological polar surface area (TPSA) is 41.6 Å². The van der Waals surface area contributed by atoms with Gasteiger partial charge in [-0.1, -0.05) is 0 Å². The Hall–Kier alpha value is -0.610. The fourth-order valence-electron chi connectivity index (χ4n) is 2.71. The quantitative estimate of drug-likeness (QED) is 0.686. The molecule has 0 amide bonds. The zero-order valence-corrected chi connectivity index (χ0v) is 13.3. The van der Waals surface area contributed by atoms with E-state index in [0.29, 0.717) is 18.7 Å². The van der Waals surface area contributed by atoms with Crippen molar-refractivity contribution in [3.05, 3.63) is 0 Å². The van der Waals surface area contributed by atoms with Gasteiger partial charge in [-0.25, -0.2) is 0 Å². The average Bonchev–Trinajstić information content (AvgIpc) is 3.10. The smallest absolute Gasteiger partial charge is 0.326 e. The minimum atomic E-state index is -0.604. The first kappa shape index (κ1) is 16.4. The molecule has 4 heteroatoms. The molecule has 0 radical (unpaired) electrons. The molecule has 2 unspecified atom stereocenters. The van der Waals surface area contributed by atoms with E-state index in [1.807, 2.05) is 13.8 Å². The number of rotatable bonds is 8. The molecule has 0 heterocycles. The summed E-state index contributed by atoms with van der Waals surface area (Å²) in [5.74, 6) is -0.139. The second-order valence-electron chi connectivity index (χ2n) is 6.30. The Kier molecular flexibility index (Phi) is 5.81. The molecule has 2 atom stereocenters. The molecule has 1 aliphatic carbocycles. The largest absolute Gasteiger partial charge is 0.465 e. The van der Waals surface area contributed by atoms with Gasteiger partial charge in [0.05, 0.1) is 6.61 Å². The van der Waals surface area contributed by atoms with Crippen LogP contribution in [0.4, 0.5) is 0 Å². The Labute approximate surface area is 117 Å². The zero-order valence-electron chi connectivity index (χ0n) is 13.3. The van der Waals surface area contributed by atoms with Crippen molar-refractivity contribution in [1.29, 1.82) is 0 Å². The summed E-state index contributed by atoms with van der Waals surface area (Å²) in [5, 5.41) is 3.38. The van der Waals surface area contributed by atoms with E-state index in [9.17, 15) is 4.79 Å². The SMILES string of the molecule is CCOC(=O)C(C)(CC(C)N(C)C1CC1)NC(C)C. The first-order valence-electron chi connectivity index (χ1n) is 7.47. The van der Waals surface area contributed by atoms with E-state index in [0.717, 1.165) is 6.42 Å². The van der Waals surface area contributed by atoms with Gasteiger partial charge in [-0.15, -0.1) is 0 Å². The van der Waals surface area contributed by atoms with Crippen molar-refractivity contribution in [2.24, 2.45) is 0 Å². The van der Waals surface area contributed by atoms with Crippen molar-refractivity contribution in [2.45, 2.75) is 77.5 Å². The van der Waals surface area contributed by atoms with Crippen LogP contribution >= 0.6 is 0 Å². The van der Waals surface area contributed by atoms with Crippen LogP contribution in [-0.2, 0) is 9.53 Å². The minimum absolute atomic E-state index is 0.139. The van der Waals surface area contributed by atoms with E-state index in [1.165, 1.54) is 12.8 Å². The fraction of sp³-hybridized carbons (Fsp3) is 0.933. The second-order valence-corrected chi connectivity index (χ2v) is 6.30. The molecule has 1 N–H and O–H groups in total. The summed E-state index contributed by atoms with van der Waals surface area (Å²) in [5.41, 5.74) is -0.604. The number of carbonyl (C=O) groups is 1. The van der Waals surface area contributed by atoms with E-state index in [-0.39, 0.29) is 12.0 Å². The molecule has 0 saturated heterocycles. The van der Waals surface area contributed by atoms with E-state index in [4.69, 9.17) is 4.74 Å². The summed E-state index contributed by atoms with van der Waals surface area (Å²) in [6, 6.07) is 1.33. The van der Waals surface area contributed by atoms with Crippen LogP contribution in [0.5, 0.6) is 0 Å². The van der Waals surface area contributed by atoms with Gasteiger partial charge < -0.3 is 9.64 Å². The van der Waals surface area contributed by atoms with Gasteiger partial charge in [0.1, 0.15) is 5.54 Å². The Morgan fingerprint density at radius 1 is 1.42 bits per heavy atom. The molecule has 1 fully saturated rings. The lowest BCUT2D eigenvalue weighted by Gasteiger charge is -2.36. The summed E-state index contributed by atoms with van der Waals surface area (Å²) < 4.78 is 5.24. The molecule has 1 aliphatic rings. The fourth-order valence-corrected chi connectivity index (χ4v) is 2.71. The molecule has 19 heavy (non-hydrogen) atoms. The minimum Gasteiger partial charge on any atom is -0.465 e. The number of nitrogens with one attached hydrogen (secondary N) is 1. The Morgan fingerprint density at radius 2 is 2.00 bits per heavy atom. The van der Waals surface area contributed by atoms with Gasteiger partial charge >= 0.3 is 5.97 Å². The maximum atomic E-state index is 12.2. The van der Waals surface area contributed by atoms with Gasteiger partial charge in [0.25, 0.3) is 0 Å². The van der Waals surface area contributed by atoms with Crippen LogP contribution in [0, 0.1) is 0 Å². The lowest BCUT2D eigenvalue weighted by molar-refractivity contribution is -0.151. The molecule has 4 nitrogen and oxygen atoms in total. The summed E-state index contributed by atoms with van der Waals surface area (Å²) >= 11 is 0. The number of nitrogens with zero attached hydrogens (tertiary/aromatic N) is 1. The third-order valence-electron chi connectivity index (χ3n) is 3.85. The monoisotopic (exact) mass is 270 g/mol. The van der Waals surface area contributed by atoms with Crippen molar-refractivity contribution >= 4 is 5.97 Å². The Morgan fingerprint density at radius 3 is 2.42 bits per heavy atom. The summed E-state index contributed by atoms with van der Waals surface area (Å²) in [7, 11) is 2.16. The summed E-state index contributed by atoms with van der Waals surface area (Å²) in [6.45, 7) is 10.6. The molecule has 0 aliphatic heterocycles. The highest BCUT2D eigenvalue weighted by atomic mass is 16.5. The normalized spacial score (nSPS) is 20.4. The number of hydrogen-bond donors (Lipinski definition) is 1. The molecule has 112 valence electrons. The van der Waals surface area contributed by atoms with Crippen LogP contribution in [0.25, 0.3) is 0 Å². The highest BCUT2D eigenvalue weighted by molar-refractivity contribution is 5.80. The molecule has 0 aromatic rings. The van der Waals surface area contributed by atoms with Crippen LogP contribution in [-0.4, -0.2) is 48.2 Å². The lowest BCUT2D eigenvalue weighted by Crippen LogP contribution is -2.56. The van der Waals surface area contributed by atoms with Crippen LogP contribution in [0.3, 0.4) is 0 Å². The highest BCUT2D eigenvalue weighted by Gasteiger charge is 2.39. The van der Waals surface area contributed by atoms with Crippen LogP contribution in [0.15, 0.2) is 0 Å². The lowest BCUT2D eigenvalue weighted by atomic mass is 9.92. The van der Waals surface area contributed by atoms with E-state index >= 15 is 0 Å². The van der Waals surface area contributed by atoms with E-state index in [1.54, 1.807) is 0 Å². The summed E-state index contributed by atoms with van der Waals surface area (Å²) in [6.07, 6.45) is 3.35. The van der Waals surface area contributed by atoms with Gasteiger partial charge in [-0.05, 0) is 60.9 Å². The van der Waals surface area contributed by atoms with Crippen LogP contribution < -0.4 is 5.32 Å². The molecular weight excluding hydrogens is 240 g/mol. The predicted molar refractivity (Wildman–Crippen MR) is 78.2 cm³/mol. The Bertz CT molecular complexity index is 303. The third kappa shape index (κ3) is 4.77. The van der Waals surface area contributed by atoms with Gasteiger partial charge in [-0.3, -0.25) is 10.1 Å². The molecule has 0 aromatic heterocycles. The Balaban J connectivity index is 2.69. The van der Waals surface area contributed by atoms with Crippen LogP contribution in [0.2, 0.25) is 0 Å². The average molecular weight is 270 g/mol. The molecule has 0 aromatic carbocycles. The van der Waals surface area contributed by atoms with Crippen molar-refractivity contribution in [1.82, 2.24) is 10.2 Å². The van der Waals surface area contributed by atoms with Gasteiger partial charge in [0.15, 0.2) is 0 Å². The van der Waals surface area contributed by atoms with Crippen molar-refractivity contribution in [3.63, 3.8) is 0 Å². The number of esters is 1.